The first kappa shape index (κ1) is 20.6. The molecule has 0 unspecified atom stereocenters. The van der Waals surface area contributed by atoms with E-state index >= 15 is 0 Å². The molecule has 1 aliphatic carbocycles. The van der Waals surface area contributed by atoms with Gasteiger partial charge in [0.2, 0.25) is 0 Å². The van der Waals surface area contributed by atoms with Gasteiger partial charge in [-0.25, -0.2) is 14.0 Å². The van der Waals surface area contributed by atoms with Crippen molar-refractivity contribution >= 4 is 28.9 Å². The maximum atomic E-state index is 14.5. The molecule has 2 atom stereocenters. The van der Waals surface area contributed by atoms with Gasteiger partial charge >= 0.3 is 6.03 Å². The van der Waals surface area contributed by atoms with Crippen molar-refractivity contribution in [2.45, 2.75) is 31.8 Å². The standard InChI is InChI=1S/C24H23FN4O2/c1-14-11-17(7-9-20(14)26-2)29-21-10-6-16(13-22(21)28(4)24(29)31)15-5-8-18(19(25)12-15)23(30)27-3/h5,7-9,11-13,21-22H,6,10H2,1,3-4H3,(H,27,30)/t21-,22+/m1/s1. The van der Waals surface area contributed by atoms with Crippen LogP contribution in [0.4, 0.5) is 20.6 Å². The highest BCUT2D eigenvalue weighted by Gasteiger charge is 2.45. The van der Waals surface area contributed by atoms with Crippen LogP contribution >= 0.6 is 0 Å². The summed E-state index contributed by atoms with van der Waals surface area (Å²) in [7, 11) is 3.24. The van der Waals surface area contributed by atoms with Crippen LogP contribution in [-0.2, 0) is 0 Å². The van der Waals surface area contributed by atoms with E-state index in [9.17, 15) is 14.0 Å². The van der Waals surface area contributed by atoms with Gasteiger partial charge in [0, 0.05) is 19.8 Å². The molecule has 0 bridgehead atoms. The lowest BCUT2D eigenvalue weighted by molar-refractivity contribution is 0.0959. The molecule has 0 saturated carbocycles. The molecule has 0 spiro atoms. The normalized spacial score (nSPS) is 20.2. The Morgan fingerprint density at radius 1 is 1.26 bits per heavy atom. The highest BCUT2D eigenvalue weighted by atomic mass is 19.1. The van der Waals surface area contributed by atoms with Crippen molar-refractivity contribution in [1.29, 1.82) is 0 Å². The molecular formula is C24H23FN4O2. The fourth-order valence-electron chi connectivity index (χ4n) is 4.46. The zero-order valence-corrected chi connectivity index (χ0v) is 17.6. The van der Waals surface area contributed by atoms with E-state index < -0.39 is 11.7 Å². The Bertz CT molecular complexity index is 1150. The summed E-state index contributed by atoms with van der Waals surface area (Å²) in [5.41, 5.74) is 3.90. The Kier molecular flexibility index (Phi) is 5.24. The molecule has 1 N–H and O–H groups in total. The minimum absolute atomic E-state index is 0.0121. The van der Waals surface area contributed by atoms with Gasteiger partial charge < -0.3 is 10.2 Å². The van der Waals surface area contributed by atoms with Crippen molar-refractivity contribution in [2.75, 3.05) is 19.0 Å². The second-order valence-electron chi connectivity index (χ2n) is 7.91. The molecule has 6 nitrogen and oxygen atoms in total. The summed E-state index contributed by atoms with van der Waals surface area (Å²) in [6, 6.07) is 9.82. The zero-order valence-electron chi connectivity index (χ0n) is 17.6. The van der Waals surface area contributed by atoms with E-state index in [2.05, 4.69) is 10.2 Å². The number of urea groups is 1. The molecular weight excluding hydrogens is 395 g/mol. The molecule has 0 aromatic heterocycles. The van der Waals surface area contributed by atoms with E-state index in [-0.39, 0.29) is 23.7 Å². The summed E-state index contributed by atoms with van der Waals surface area (Å²) in [6.07, 6.45) is 3.45. The van der Waals surface area contributed by atoms with Crippen molar-refractivity contribution in [3.05, 3.63) is 76.4 Å². The van der Waals surface area contributed by atoms with Crippen LogP contribution in [0, 0.1) is 19.3 Å². The number of aryl methyl sites for hydroxylation is 1. The van der Waals surface area contributed by atoms with Gasteiger partial charge in [-0.3, -0.25) is 9.69 Å². The second kappa shape index (κ2) is 7.88. The number of rotatable bonds is 3. The van der Waals surface area contributed by atoms with Crippen molar-refractivity contribution in [1.82, 2.24) is 10.2 Å². The van der Waals surface area contributed by atoms with Crippen molar-refractivity contribution in [2.24, 2.45) is 0 Å². The van der Waals surface area contributed by atoms with Crippen LogP contribution in [0.15, 0.2) is 42.5 Å². The van der Waals surface area contributed by atoms with Gasteiger partial charge in [0.15, 0.2) is 5.69 Å². The summed E-state index contributed by atoms with van der Waals surface area (Å²) in [6.45, 7) is 9.10. The van der Waals surface area contributed by atoms with Gasteiger partial charge in [-0.1, -0.05) is 18.2 Å². The number of halogens is 1. The predicted molar refractivity (Wildman–Crippen MR) is 118 cm³/mol. The highest BCUT2D eigenvalue weighted by Crippen LogP contribution is 2.39. The van der Waals surface area contributed by atoms with Gasteiger partial charge in [-0.15, -0.1) is 0 Å². The van der Waals surface area contributed by atoms with E-state index in [1.807, 2.05) is 25.1 Å². The molecule has 3 amide bonds. The van der Waals surface area contributed by atoms with Crippen LogP contribution in [0.1, 0.15) is 34.3 Å². The van der Waals surface area contributed by atoms with E-state index in [0.717, 1.165) is 28.8 Å². The molecule has 31 heavy (non-hydrogen) atoms. The lowest BCUT2D eigenvalue weighted by atomic mass is 9.87. The Morgan fingerprint density at radius 2 is 2.03 bits per heavy atom. The van der Waals surface area contributed by atoms with E-state index in [1.165, 1.54) is 19.2 Å². The second-order valence-corrected chi connectivity index (χ2v) is 7.91. The summed E-state index contributed by atoms with van der Waals surface area (Å²) in [5.74, 6) is -1.02. The van der Waals surface area contributed by atoms with Crippen molar-refractivity contribution in [3.63, 3.8) is 0 Å². The summed E-state index contributed by atoms with van der Waals surface area (Å²) >= 11 is 0. The summed E-state index contributed by atoms with van der Waals surface area (Å²) in [5, 5.41) is 2.43. The molecule has 0 radical (unpaired) electrons. The number of anilines is 1. The molecule has 1 heterocycles. The third kappa shape index (κ3) is 3.44. The lowest BCUT2D eigenvalue weighted by Gasteiger charge is -2.30. The Labute approximate surface area is 180 Å². The van der Waals surface area contributed by atoms with E-state index in [0.29, 0.717) is 12.1 Å². The number of carbonyl (C=O) groups excluding carboxylic acids is 2. The highest BCUT2D eigenvalue weighted by molar-refractivity contribution is 5.97. The molecule has 158 valence electrons. The van der Waals surface area contributed by atoms with E-state index in [4.69, 9.17) is 6.57 Å². The first-order valence-electron chi connectivity index (χ1n) is 10.1. The van der Waals surface area contributed by atoms with Crippen LogP contribution in [0.25, 0.3) is 10.4 Å². The zero-order chi connectivity index (χ0) is 22.3. The maximum Gasteiger partial charge on any atom is 0.325 e. The topological polar surface area (TPSA) is 57.0 Å². The van der Waals surface area contributed by atoms with Gasteiger partial charge in [0.05, 0.1) is 24.2 Å². The Hall–Kier alpha value is -3.66. The number of hydrogen-bond donors (Lipinski definition) is 1. The molecule has 4 rings (SSSR count). The van der Waals surface area contributed by atoms with Gasteiger partial charge in [0.1, 0.15) is 5.82 Å². The van der Waals surface area contributed by atoms with Crippen molar-refractivity contribution < 1.29 is 14.0 Å². The quantitative estimate of drug-likeness (QED) is 0.745. The van der Waals surface area contributed by atoms with Crippen LogP contribution in [-0.4, -0.2) is 43.0 Å². The van der Waals surface area contributed by atoms with Crippen molar-refractivity contribution in [3.8, 4) is 0 Å². The smallest absolute Gasteiger partial charge is 0.325 e. The third-order valence-corrected chi connectivity index (χ3v) is 6.15. The first-order chi connectivity index (χ1) is 14.8. The van der Waals surface area contributed by atoms with Crippen LogP contribution in [0.5, 0.6) is 0 Å². The van der Waals surface area contributed by atoms with Crippen LogP contribution < -0.4 is 10.2 Å². The van der Waals surface area contributed by atoms with Crippen LogP contribution in [0.2, 0.25) is 0 Å². The molecule has 2 aliphatic rings. The molecule has 1 saturated heterocycles. The molecule has 7 heteroatoms. The SMILES string of the molecule is [C-]#[N+]c1ccc(N2C(=O)N(C)[C@H]3C=C(c4ccc(C(=O)NC)c(F)c4)CC[C@H]32)cc1C. The number of nitrogens with zero attached hydrogens (tertiary/aromatic N) is 3. The lowest BCUT2D eigenvalue weighted by Crippen LogP contribution is -2.38. The third-order valence-electron chi connectivity index (χ3n) is 6.15. The summed E-state index contributed by atoms with van der Waals surface area (Å²) < 4.78 is 14.5. The maximum absolute atomic E-state index is 14.5. The predicted octanol–water partition coefficient (Wildman–Crippen LogP) is 4.53. The van der Waals surface area contributed by atoms with Crippen LogP contribution in [0.3, 0.4) is 0 Å². The molecule has 1 fully saturated rings. The summed E-state index contributed by atoms with van der Waals surface area (Å²) in [4.78, 5) is 31.8. The number of nitrogens with one attached hydrogen (secondary N) is 1. The fourth-order valence-corrected chi connectivity index (χ4v) is 4.46. The number of benzene rings is 2. The van der Waals surface area contributed by atoms with E-state index in [1.54, 1.807) is 29.0 Å². The largest absolute Gasteiger partial charge is 0.355 e. The Balaban J connectivity index is 1.65. The monoisotopic (exact) mass is 418 g/mol. The number of amides is 3. The number of fused-ring (bicyclic) bond motifs is 1. The van der Waals surface area contributed by atoms with Gasteiger partial charge in [-0.05, 0) is 60.7 Å². The minimum Gasteiger partial charge on any atom is -0.355 e. The average Bonchev–Trinajstić information content (AvgIpc) is 3.02. The molecule has 2 aromatic carbocycles. The molecule has 1 aliphatic heterocycles. The number of carbonyl (C=O) groups is 2. The van der Waals surface area contributed by atoms with Gasteiger partial charge in [0.25, 0.3) is 5.91 Å². The number of hydrogen-bond acceptors (Lipinski definition) is 2. The van der Waals surface area contributed by atoms with Gasteiger partial charge in [-0.2, -0.15) is 0 Å². The molecule has 2 aromatic rings. The Morgan fingerprint density at radius 3 is 2.68 bits per heavy atom. The number of likely N-dealkylation sites (N-methyl/N-ethyl adjacent to an activating group) is 1. The number of allylic oxidation sites excluding steroid dienone is 1. The minimum atomic E-state index is -0.562. The average molecular weight is 418 g/mol. The fraction of sp³-hybridized carbons (Fsp3) is 0.292. The first-order valence-corrected chi connectivity index (χ1v) is 10.1.